The first-order valence-corrected chi connectivity index (χ1v) is 7.23. The van der Waals surface area contributed by atoms with Crippen molar-refractivity contribution >= 4 is 0 Å². The van der Waals surface area contributed by atoms with Crippen LogP contribution in [0, 0.1) is 5.92 Å². The normalized spacial score (nSPS) is 25.2. The van der Waals surface area contributed by atoms with Crippen molar-refractivity contribution in [3.05, 3.63) is 35.9 Å². The van der Waals surface area contributed by atoms with Crippen LogP contribution in [0.1, 0.15) is 38.3 Å². The molecule has 3 heteroatoms. The minimum absolute atomic E-state index is 0.291. The van der Waals surface area contributed by atoms with E-state index < -0.39 is 5.79 Å². The van der Waals surface area contributed by atoms with Crippen molar-refractivity contribution in [1.29, 1.82) is 0 Å². The van der Waals surface area contributed by atoms with E-state index in [9.17, 15) is 0 Å². The van der Waals surface area contributed by atoms with Crippen molar-refractivity contribution in [2.75, 3.05) is 13.2 Å². The number of hydrogen-bond donors (Lipinski definition) is 1. The van der Waals surface area contributed by atoms with Crippen LogP contribution in [0.3, 0.4) is 0 Å². The fraction of sp³-hybridized carbons (Fsp3) is 0.625. The van der Waals surface area contributed by atoms with Crippen molar-refractivity contribution < 1.29 is 9.47 Å². The van der Waals surface area contributed by atoms with E-state index in [1.54, 1.807) is 0 Å². The van der Waals surface area contributed by atoms with Gasteiger partial charge in [0.1, 0.15) is 0 Å². The predicted octanol–water partition coefficient (Wildman–Crippen LogP) is 2.88. The first-order chi connectivity index (χ1) is 9.14. The molecule has 1 aliphatic carbocycles. The predicted molar refractivity (Wildman–Crippen MR) is 74.8 cm³/mol. The number of ether oxygens (including phenoxy) is 2. The molecule has 19 heavy (non-hydrogen) atoms. The highest BCUT2D eigenvalue weighted by atomic mass is 16.7. The summed E-state index contributed by atoms with van der Waals surface area (Å²) in [6.45, 7) is 5.39. The van der Waals surface area contributed by atoms with Crippen molar-refractivity contribution in [2.24, 2.45) is 5.92 Å². The summed E-state index contributed by atoms with van der Waals surface area (Å²) in [7, 11) is 0. The first-order valence-electron chi connectivity index (χ1n) is 7.23. The highest BCUT2D eigenvalue weighted by Crippen LogP contribution is 2.41. The molecule has 0 bridgehead atoms. The molecule has 1 saturated carbocycles. The van der Waals surface area contributed by atoms with Crippen molar-refractivity contribution in [3.63, 3.8) is 0 Å². The summed E-state index contributed by atoms with van der Waals surface area (Å²) in [4.78, 5) is 0. The Hall–Kier alpha value is -0.900. The molecule has 104 valence electrons. The van der Waals surface area contributed by atoms with E-state index in [-0.39, 0.29) is 0 Å². The zero-order valence-corrected chi connectivity index (χ0v) is 11.8. The quantitative estimate of drug-likeness (QED) is 0.904. The smallest absolute Gasteiger partial charge is 0.162 e. The van der Waals surface area contributed by atoms with Gasteiger partial charge >= 0.3 is 0 Å². The van der Waals surface area contributed by atoms with Crippen molar-refractivity contribution in [1.82, 2.24) is 5.32 Å². The Balaban J connectivity index is 1.63. The Kier molecular flexibility index (Phi) is 3.61. The average molecular weight is 261 g/mol. The summed E-state index contributed by atoms with van der Waals surface area (Å²) in [6.07, 6.45) is 2.65. The van der Waals surface area contributed by atoms with E-state index >= 15 is 0 Å². The zero-order chi connectivity index (χ0) is 13.3. The molecule has 1 saturated heterocycles. The molecule has 1 unspecified atom stereocenters. The fourth-order valence-electron chi connectivity index (χ4n) is 2.64. The van der Waals surface area contributed by atoms with Gasteiger partial charge in [-0.15, -0.1) is 0 Å². The van der Waals surface area contributed by atoms with Crippen LogP contribution >= 0.6 is 0 Å². The van der Waals surface area contributed by atoms with E-state index in [0.717, 1.165) is 19.1 Å². The second kappa shape index (κ2) is 5.23. The Bertz CT molecular complexity index is 404. The molecule has 1 aromatic carbocycles. The molecule has 3 rings (SSSR count). The minimum atomic E-state index is -0.431. The molecule has 0 spiro atoms. The van der Waals surface area contributed by atoms with Gasteiger partial charge in [0, 0.05) is 6.04 Å². The molecule has 1 atom stereocenters. The molecule has 0 amide bonds. The van der Waals surface area contributed by atoms with Gasteiger partial charge in [-0.1, -0.05) is 30.3 Å². The summed E-state index contributed by atoms with van der Waals surface area (Å²) in [5, 5.41) is 3.72. The van der Waals surface area contributed by atoms with E-state index in [1.165, 1.54) is 18.4 Å². The largest absolute Gasteiger partial charge is 0.349 e. The van der Waals surface area contributed by atoms with Gasteiger partial charge in [-0.3, -0.25) is 0 Å². The molecule has 1 heterocycles. The van der Waals surface area contributed by atoms with Crippen LogP contribution in [0.15, 0.2) is 30.3 Å². The van der Waals surface area contributed by atoms with Crippen LogP contribution in [-0.2, 0) is 9.47 Å². The fourth-order valence-corrected chi connectivity index (χ4v) is 2.64. The van der Waals surface area contributed by atoms with Gasteiger partial charge in [0.2, 0.25) is 0 Å². The number of benzene rings is 1. The second-order valence-corrected chi connectivity index (χ2v) is 6.11. The van der Waals surface area contributed by atoms with Crippen molar-refractivity contribution in [3.8, 4) is 0 Å². The minimum Gasteiger partial charge on any atom is -0.349 e. The maximum absolute atomic E-state index is 5.73. The molecule has 1 aromatic rings. The average Bonchev–Trinajstić information content (AvgIpc) is 3.23. The Labute approximate surface area is 115 Å². The Morgan fingerprint density at radius 2 is 1.74 bits per heavy atom. The third kappa shape index (κ3) is 3.35. The third-order valence-electron chi connectivity index (χ3n) is 3.93. The Morgan fingerprint density at radius 3 is 2.32 bits per heavy atom. The molecule has 2 fully saturated rings. The number of hydrogen-bond acceptors (Lipinski definition) is 3. The van der Waals surface area contributed by atoms with Crippen LogP contribution in [0.4, 0.5) is 0 Å². The lowest BCUT2D eigenvalue weighted by Gasteiger charge is -2.37. The van der Waals surface area contributed by atoms with E-state index in [1.807, 2.05) is 13.8 Å². The number of rotatable bonds is 4. The Morgan fingerprint density at radius 1 is 1.11 bits per heavy atom. The summed E-state index contributed by atoms with van der Waals surface area (Å²) < 4.78 is 11.5. The van der Waals surface area contributed by atoms with Gasteiger partial charge in [0.25, 0.3) is 0 Å². The molecular weight excluding hydrogens is 238 g/mol. The van der Waals surface area contributed by atoms with Crippen LogP contribution < -0.4 is 5.32 Å². The molecule has 1 N–H and O–H groups in total. The number of nitrogens with one attached hydrogen (secondary N) is 1. The second-order valence-electron chi connectivity index (χ2n) is 6.11. The van der Waals surface area contributed by atoms with Crippen LogP contribution in [0.25, 0.3) is 0 Å². The molecule has 1 aliphatic heterocycles. The highest BCUT2D eigenvalue weighted by molar-refractivity contribution is 5.21. The molecule has 0 radical (unpaired) electrons. The van der Waals surface area contributed by atoms with Crippen molar-refractivity contribution in [2.45, 2.75) is 44.6 Å². The van der Waals surface area contributed by atoms with Gasteiger partial charge < -0.3 is 14.8 Å². The van der Waals surface area contributed by atoms with Crippen LogP contribution in [0.2, 0.25) is 0 Å². The van der Waals surface area contributed by atoms with Gasteiger partial charge in [-0.25, -0.2) is 0 Å². The standard InChI is InChI=1S/C16H23NO2/c1-16(2)18-10-14(11-19-16)17-15(13-8-9-13)12-6-4-3-5-7-12/h3-7,13-15,17H,8-11H2,1-2H3. The highest BCUT2D eigenvalue weighted by Gasteiger charge is 2.35. The van der Waals surface area contributed by atoms with Gasteiger partial charge in [-0.05, 0) is 38.2 Å². The first kappa shape index (κ1) is 13.1. The molecule has 0 aromatic heterocycles. The van der Waals surface area contributed by atoms with E-state index in [2.05, 4.69) is 35.6 Å². The lowest BCUT2D eigenvalue weighted by molar-refractivity contribution is -0.253. The van der Waals surface area contributed by atoms with Crippen LogP contribution in [-0.4, -0.2) is 25.0 Å². The van der Waals surface area contributed by atoms with E-state index in [0.29, 0.717) is 12.1 Å². The maximum Gasteiger partial charge on any atom is 0.162 e. The zero-order valence-electron chi connectivity index (χ0n) is 11.8. The molecular formula is C16H23NO2. The van der Waals surface area contributed by atoms with E-state index in [4.69, 9.17) is 9.47 Å². The third-order valence-corrected chi connectivity index (χ3v) is 3.93. The molecule has 2 aliphatic rings. The lowest BCUT2D eigenvalue weighted by atomic mass is 10.0. The summed E-state index contributed by atoms with van der Waals surface area (Å²) >= 11 is 0. The molecule has 3 nitrogen and oxygen atoms in total. The summed E-state index contributed by atoms with van der Waals surface area (Å²) in [6, 6.07) is 11.5. The lowest BCUT2D eigenvalue weighted by Crippen LogP contribution is -2.49. The van der Waals surface area contributed by atoms with Gasteiger partial charge in [-0.2, -0.15) is 0 Å². The van der Waals surface area contributed by atoms with Crippen LogP contribution in [0.5, 0.6) is 0 Å². The summed E-state index contributed by atoms with van der Waals surface area (Å²) in [5.41, 5.74) is 1.38. The maximum atomic E-state index is 5.73. The van der Waals surface area contributed by atoms with Gasteiger partial charge in [0.15, 0.2) is 5.79 Å². The summed E-state index contributed by atoms with van der Waals surface area (Å²) in [5.74, 6) is 0.345. The monoisotopic (exact) mass is 261 g/mol. The topological polar surface area (TPSA) is 30.5 Å². The van der Waals surface area contributed by atoms with Gasteiger partial charge in [0.05, 0.1) is 19.3 Å². The SMILES string of the molecule is CC1(C)OCC(NC(c2ccccc2)C2CC2)CO1.